The summed E-state index contributed by atoms with van der Waals surface area (Å²) >= 11 is 0. The molecule has 0 saturated carbocycles. The normalized spacial score (nSPS) is 24.1. The Labute approximate surface area is 123 Å². The van der Waals surface area contributed by atoms with E-state index >= 15 is 0 Å². The van der Waals surface area contributed by atoms with Gasteiger partial charge in [-0.25, -0.2) is 9.59 Å². The molecule has 0 aromatic carbocycles. The fourth-order valence-electron chi connectivity index (χ4n) is 2.19. The number of hydrogen-bond donors (Lipinski definition) is 2. The third-order valence-corrected chi connectivity index (χ3v) is 3.20. The van der Waals surface area contributed by atoms with Crippen LogP contribution in [0.3, 0.4) is 0 Å². The van der Waals surface area contributed by atoms with E-state index < -0.39 is 42.3 Å². The lowest BCUT2D eigenvalue weighted by molar-refractivity contribution is -0.149. The summed E-state index contributed by atoms with van der Waals surface area (Å²) in [5, 5.41) is 9.29. The van der Waals surface area contributed by atoms with Gasteiger partial charge in [0.25, 0.3) is 5.56 Å². The number of aryl methyl sites for hydroxylation is 1. The molecule has 1 aliphatic heterocycles. The van der Waals surface area contributed by atoms with Crippen LogP contribution in [0.15, 0.2) is 21.4 Å². The molecular weight excluding hydrogens is 296 g/mol. The molecule has 0 unspecified atom stereocenters. The summed E-state index contributed by atoms with van der Waals surface area (Å²) in [5.74, 6) is 0.920. The number of nitrogens with one attached hydrogen (secondary N) is 1. The average Bonchev–Trinajstić information content (AvgIpc) is 2.79. The molecule has 2 N–H and O–H groups in total. The van der Waals surface area contributed by atoms with E-state index in [1.165, 1.54) is 13.1 Å². The van der Waals surface area contributed by atoms with Gasteiger partial charge in [-0.1, -0.05) is 0 Å². The van der Waals surface area contributed by atoms with Crippen molar-refractivity contribution in [3.63, 3.8) is 0 Å². The maximum absolute atomic E-state index is 11.9. The first-order valence-corrected chi connectivity index (χ1v) is 6.39. The fourth-order valence-corrected chi connectivity index (χ4v) is 2.19. The number of esters is 1. The molecule has 1 aliphatic rings. The summed E-state index contributed by atoms with van der Waals surface area (Å²) in [5.41, 5.74) is -1.28. The highest BCUT2D eigenvalue weighted by molar-refractivity contribution is 5.68. The van der Waals surface area contributed by atoms with E-state index in [2.05, 4.69) is 4.98 Å². The lowest BCUT2D eigenvalue weighted by Crippen LogP contribution is -2.34. The Morgan fingerprint density at radius 2 is 2.23 bits per heavy atom. The molecule has 2 rings (SSSR count). The molecule has 2 heterocycles. The van der Waals surface area contributed by atoms with Gasteiger partial charge in [-0.2, -0.15) is 0 Å². The van der Waals surface area contributed by atoms with Gasteiger partial charge in [-0.3, -0.25) is 19.1 Å². The Morgan fingerprint density at radius 1 is 1.55 bits per heavy atom. The summed E-state index contributed by atoms with van der Waals surface area (Å²) in [4.78, 5) is 47.7. The van der Waals surface area contributed by atoms with Crippen molar-refractivity contribution < 1.29 is 24.2 Å². The third kappa shape index (κ3) is 2.77. The Bertz CT molecular complexity index is 756. The Balaban J connectivity index is 2.50. The second-order valence-electron chi connectivity index (χ2n) is 4.78. The second kappa shape index (κ2) is 6.10. The standard InChI is InChI=1S/C13H14N2O7/c1-6-3-15(13(20)14-11(6)19)12-8(4-16)10(21-7(2)18)9(5-17)22-12/h3,9-10,12,17H,5H2,1-2H3,(H,14,19,20)/t9-,10+,12-/m1/s1. The van der Waals surface area contributed by atoms with Gasteiger partial charge in [-0.05, 0) is 6.92 Å². The first kappa shape index (κ1) is 15.9. The molecule has 1 saturated heterocycles. The molecule has 0 amide bonds. The van der Waals surface area contributed by atoms with Crippen LogP contribution in [0.25, 0.3) is 0 Å². The van der Waals surface area contributed by atoms with Crippen molar-refractivity contribution in [2.75, 3.05) is 6.61 Å². The number of H-pyrrole nitrogens is 1. The van der Waals surface area contributed by atoms with Gasteiger partial charge in [0.1, 0.15) is 17.6 Å². The van der Waals surface area contributed by atoms with Crippen molar-refractivity contribution in [2.24, 2.45) is 0 Å². The molecule has 22 heavy (non-hydrogen) atoms. The summed E-state index contributed by atoms with van der Waals surface area (Å²) in [7, 11) is 0. The third-order valence-electron chi connectivity index (χ3n) is 3.20. The van der Waals surface area contributed by atoms with Crippen molar-refractivity contribution in [2.45, 2.75) is 32.3 Å². The molecule has 1 aromatic heterocycles. The van der Waals surface area contributed by atoms with Crippen LogP contribution in [0, 0.1) is 6.92 Å². The summed E-state index contributed by atoms with van der Waals surface area (Å²) in [6.07, 6.45) is -2.16. The van der Waals surface area contributed by atoms with Crippen LogP contribution >= 0.6 is 0 Å². The molecule has 0 bridgehead atoms. The highest BCUT2D eigenvalue weighted by atomic mass is 16.6. The van der Waals surface area contributed by atoms with E-state index in [0.29, 0.717) is 0 Å². The summed E-state index contributed by atoms with van der Waals surface area (Å²) in [6, 6.07) is 0. The van der Waals surface area contributed by atoms with Gasteiger partial charge in [-0.15, -0.1) is 0 Å². The average molecular weight is 310 g/mol. The van der Waals surface area contributed by atoms with E-state index in [-0.39, 0.29) is 11.1 Å². The molecule has 1 aromatic rings. The summed E-state index contributed by atoms with van der Waals surface area (Å²) in [6.45, 7) is 2.08. The minimum Gasteiger partial charge on any atom is -0.454 e. The van der Waals surface area contributed by atoms with E-state index in [1.54, 1.807) is 5.94 Å². The zero-order chi connectivity index (χ0) is 16.4. The molecule has 0 aliphatic carbocycles. The molecule has 9 nitrogen and oxygen atoms in total. The van der Waals surface area contributed by atoms with Crippen LogP contribution in [-0.4, -0.2) is 45.4 Å². The highest BCUT2D eigenvalue weighted by Crippen LogP contribution is 2.33. The van der Waals surface area contributed by atoms with E-state index in [1.807, 2.05) is 0 Å². The molecular formula is C13H14N2O7. The Morgan fingerprint density at radius 3 is 2.77 bits per heavy atom. The van der Waals surface area contributed by atoms with Crippen molar-refractivity contribution in [3.8, 4) is 0 Å². The number of hydrogen-bond acceptors (Lipinski definition) is 7. The zero-order valence-electron chi connectivity index (χ0n) is 11.9. The van der Waals surface area contributed by atoms with E-state index in [4.69, 9.17) is 9.47 Å². The largest absolute Gasteiger partial charge is 0.454 e. The molecule has 1 fully saturated rings. The monoisotopic (exact) mass is 310 g/mol. The lowest BCUT2D eigenvalue weighted by Gasteiger charge is -2.14. The van der Waals surface area contributed by atoms with E-state index in [0.717, 1.165) is 11.5 Å². The molecule has 0 spiro atoms. The first-order valence-electron chi connectivity index (χ1n) is 6.39. The predicted molar refractivity (Wildman–Crippen MR) is 71.8 cm³/mol. The van der Waals surface area contributed by atoms with Gasteiger partial charge in [0.15, 0.2) is 12.3 Å². The van der Waals surface area contributed by atoms with Crippen LogP contribution in [0.1, 0.15) is 18.7 Å². The van der Waals surface area contributed by atoms with E-state index in [9.17, 15) is 24.3 Å². The SMILES string of the molecule is CC(=O)O[C@H]1C(=C=O)[C@H](n2cc(C)c(=O)[nH]c2=O)O[C@@H]1CO. The second-order valence-corrected chi connectivity index (χ2v) is 4.78. The number of carbonyl (C=O) groups is 1. The number of aliphatic hydroxyl groups is 1. The van der Waals surface area contributed by atoms with Crippen LogP contribution in [0.4, 0.5) is 0 Å². The lowest BCUT2D eigenvalue weighted by atomic mass is 10.1. The van der Waals surface area contributed by atoms with Crippen molar-refractivity contribution in [1.82, 2.24) is 9.55 Å². The smallest absolute Gasteiger partial charge is 0.330 e. The van der Waals surface area contributed by atoms with Crippen LogP contribution in [0.5, 0.6) is 0 Å². The maximum Gasteiger partial charge on any atom is 0.330 e. The summed E-state index contributed by atoms with van der Waals surface area (Å²) < 4.78 is 11.3. The molecule has 118 valence electrons. The van der Waals surface area contributed by atoms with Crippen molar-refractivity contribution in [3.05, 3.63) is 38.2 Å². The van der Waals surface area contributed by atoms with Crippen LogP contribution in [0.2, 0.25) is 0 Å². The molecule has 0 radical (unpaired) electrons. The zero-order valence-corrected chi connectivity index (χ0v) is 11.9. The minimum atomic E-state index is -1.22. The van der Waals surface area contributed by atoms with Crippen molar-refractivity contribution in [1.29, 1.82) is 0 Å². The van der Waals surface area contributed by atoms with Crippen molar-refractivity contribution >= 4 is 11.9 Å². The quantitative estimate of drug-likeness (QED) is 0.509. The minimum absolute atomic E-state index is 0.150. The van der Waals surface area contributed by atoms with Gasteiger partial charge in [0, 0.05) is 18.7 Å². The Hall–Kier alpha value is -2.48. The number of ether oxygens (including phenoxy) is 2. The number of carbonyl (C=O) groups excluding carboxylic acids is 2. The van der Waals surface area contributed by atoms with Gasteiger partial charge in [0.2, 0.25) is 0 Å². The number of rotatable bonds is 3. The van der Waals surface area contributed by atoms with Gasteiger partial charge < -0.3 is 14.6 Å². The van der Waals surface area contributed by atoms with Gasteiger partial charge >= 0.3 is 11.7 Å². The van der Waals surface area contributed by atoms with Crippen LogP contribution < -0.4 is 11.2 Å². The maximum atomic E-state index is 11.9. The predicted octanol–water partition coefficient (Wildman–Crippen LogP) is -1.58. The number of nitrogens with zero attached hydrogens (tertiary/aromatic N) is 1. The highest BCUT2D eigenvalue weighted by Gasteiger charge is 2.44. The first-order chi connectivity index (χ1) is 10.4. The molecule has 3 atom stereocenters. The van der Waals surface area contributed by atoms with Crippen LogP contribution in [-0.2, 0) is 19.1 Å². The molecule has 9 heteroatoms. The number of aromatic amines is 1. The number of aliphatic hydroxyl groups excluding tert-OH is 1. The number of aromatic nitrogens is 2. The Kier molecular flexibility index (Phi) is 4.41. The fraction of sp³-hybridized carbons (Fsp3) is 0.462. The van der Waals surface area contributed by atoms with Gasteiger partial charge in [0.05, 0.1) is 6.61 Å². The topological polar surface area (TPSA) is 128 Å².